The third-order valence-corrected chi connectivity index (χ3v) is 1.99. The molecule has 1 aliphatic rings. The Labute approximate surface area is 76.7 Å². The summed E-state index contributed by atoms with van der Waals surface area (Å²) in [4.78, 5) is 3.86. The first-order chi connectivity index (χ1) is 6.18. The van der Waals surface area contributed by atoms with Crippen LogP contribution in [0.5, 0.6) is 0 Å². The summed E-state index contributed by atoms with van der Waals surface area (Å²) in [5, 5.41) is 4.00. The Morgan fingerprint density at radius 3 is 3.08 bits per heavy atom. The zero-order valence-electron chi connectivity index (χ0n) is 7.80. The van der Waals surface area contributed by atoms with Crippen molar-refractivity contribution < 1.29 is 9.47 Å². The highest BCUT2D eigenvalue weighted by Crippen LogP contribution is 2.24. The van der Waals surface area contributed by atoms with Crippen LogP contribution in [0.4, 0.5) is 0 Å². The minimum Gasteiger partial charge on any atom is -0.346 e. The maximum atomic E-state index is 5.61. The molecule has 0 aromatic carbocycles. The van der Waals surface area contributed by atoms with E-state index >= 15 is 0 Å². The van der Waals surface area contributed by atoms with Crippen molar-refractivity contribution in [1.82, 2.24) is 14.8 Å². The lowest BCUT2D eigenvalue weighted by Gasteiger charge is -2.22. The summed E-state index contributed by atoms with van der Waals surface area (Å²) in [7, 11) is 0. The van der Waals surface area contributed by atoms with Gasteiger partial charge < -0.3 is 9.47 Å². The van der Waals surface area contributed by atoms with Crippen LogP contribution in [0.3, 0.4) is 0 Å². The summed E-state index contributed by atoms with van der Waals surface area (Å²) in [5.74, 6) is -0.548. The van der Waals surface area contributed by atoms with E-state index in [1.807, 2.05) is 13.8 Å². The summed E-state index contributed by atoms with van der Waals surface area (Å²) in [5.41, 5.74) is 0. The van der Waals surface area contributed by atoms with E-state index in [9.17, 15) is 0 Å². The fourth-order valence-corrected chi connectivity index (χ4v) is 1.48. The van der Waals surface area contributed by atoms with Gasteiger partial charge >= 0.3 is 0 Å². The van der Waals surface area contributed by atoms with Crippen molar-refractivity contribution in [2.24, 2.45) is 0 Å². The second kappa shape index (κ2) is 3.08. The highest BCUT2D eigenvalue weighted by molar-refractivity contribution is 4.73. The van der Waals surface area contributed by atoms with E-state index in [0.717, 1.165) is 0 Å². The summed E-state index contributed by atoms with van der Waals surface area (Å²) in [6, 6.07) is 0. The third-order valence-electron chi connectivity index (χ3n) is 1.99. The van der Waals surface area contributed by atoms with Crippen LogP contribution in [0.1, 0.15) is 13.8 Å². The van der Waals surface area contributed by atoms with Crippen LogP contribution in [-0.4, -0.2) is 33.3 Å². The van der Waals surface area contributed by atoms with Crippen molar-refractivity contribution in [1.29, 1.82) is 0 Å². The first-order valence-corrected chi connectivity index (χ1v) is 4.32. The Morgan fingerprint density at radius 1 is 1.69 bits per heavy atom. The van der Waals surface area contributed by atoms with E-state index in [0.29, 0.717) is 13.2 Å². The average molecular weight is 183 g/mol. The van der Waals surface area contributed by atoms with Gasteiger partial charge in [-0.3, -0.25) is 0 Å². The summed E-state index contributed by atoms with van der Waals surface area (Å²) >= 11 is 0. The topological polar surface area (TPSA) is 49.2 Å². The molecule has 0 spiro atoms. The van der Waals surface area contributed by atoms with E-state index in [1.165, 1.54) is 6.33 Å². The summed E-state index contributed by atoms with van der Waals surface area (Å²) in [6.45, 7) is 5.13. The predicted octanol–water partition coefficient (Wildman–Crippen LogP) is 0.430. The van der Waals surface area contributed by atoms with E-state index < -0.39 is 5.79 Å². The lowest BCUT2D eigenvalue weighted by molar-refractivity contribution is -0.163. The molecule has 13 heavy (non-hydrogen) atoms. The van der Waals surface area contributed by atoms with Crippen LogP contribution >= 0.6 is 0 Å². The van der Waals surface area contributed by atoms with Gasteiger partial charge in [0.1, 0.15) is 12.7 Å². The van der Waals surface area contributed by atoms with Gasteiger partial charge in [0.05, 0.1) is 19.3 Å². The molecule has 72 valence electrons. The largest absolute Gasteiger partial charge is 0.346 e. The van der Waals surface area contributed by atoms with Gasteiger partial charge in [0.2, 0.25) is 0 Å². The van der Waals surface area contributed by atoms with Gasteiger partial charge in [-0.15, -0.1) is 0 Å². The molecule has 1 aromatic rings. The fraction of sp³-hybridized carbons (Fsp3) is 0.750. The molecule has 0 aliphatic carbocycles. The summed E-state index contributed by atoms with van der Waals surface area (Å²) in [6.07, 6.45) is 3.32. The first-order valence-electron chi connectivity index (χ1n) is 4.32. The molecule has 2 atom stereocenters. The maximum absolute atomic E-state index is 5.61. The highest BCUT2D eigenvalue weighted by atomic mass is 16.7. The molecule has 0 radical (unpaired) electrons. The standard InChI is InChI=1S/C8H13N3O2/c1-7-3-12-8(2,13-7)4-11-6-9-5-10-11/h5-7H,3-4H2,1-2H3. The van der Waals surface area contributed by atoms with Gasteiger partial charge in [0.25, 0.3) is 0 Å². The molecule has 5 heteroatoms. The Hall–Kier alpha value is -0.940. The molecule has 5 nitrogen and oxygen atoms in total. The molecule has 2 heterocycles. The van der Waals surface area contributed by atoms with Gasteiger partial charge in [-0.2, -0.15) is 5.10 Å². The second-order valence-electron chi connectivity index (χ2n) is 3.47. The molecule has 1 aliphatic heterocycles. The number of hydrogen-bond acceptors (Lipinski definition) is 4. The molecule has 2 rings (SSSR count). The van der Waals surface area contributed by atoms with Crippen molar-refractivity contribution >= 4 is 0 Å². The van der Waals surface area contributed by atoms with Crippen molar-refractivity contribution in [3.8, 4) is 0 Å². The monoisotopic (exact) mass is 183 g/mol. The lowest BCUT2D eigenvalue weighted by Crippen LogP contribution is -2.32. The van der Waals surface area contributed by atoms with Crippen LogP contribution in [-0.2, 0) is 16.0 Å². The zero-order chi connectivity index (χ0) is 9.31. The van der Waals surface area contributed by atoms with Gasteiger partial charge in [0, 0.05) is 0 Å². The second-order valence-corrected chi connectivity index (χ2v) is 3.47. The van der Waals surface area contributed by atoms with Gasteiger partial charge in [-0.1, -0.05) is 0 Å². The molecule has 0 bridgehead atoms. The first kappa shape index (κ1) is 8.65. The molecule has 2 unspecified atom stereocenters. The smallest absolute Gasteiger partial charge is 0.185 e. The molecule has 0 saturated carbocycles. The quantitative estimate of drug-likeness (QED) is 0.667. The number of ether oxygens (including phenoxy) is 2. The van der Waals surface area contributed by atoms with E-state index in [2.05, 4.69) is 10.1 Å². The Kier molecular flexibility index (Phi) is 2.05. The van der Waals surface area contributed by atoms with Crippen LogP contribution in [0.2, 0.25) is 0 Å². The minimum absolute atomic E-state index is 0.161. The van der Waals surface area contributed by atoms with Crippen LogP contribution < -0.4 is 0 Å². The minimum atomic E-state index is -0.548. The summed E-state index contributed by atoms with van der Waals surface area (Å²) < 4.78 is 12.8. The molecular formula is C8H13N3O2. The van der Waals surface area contributed by atoms with Crippen molar-refractivity contribution in [2.45, 2.75) is 32.3 Å². The van der Waals surface area contributed by atoms with Crippen molar-refractivity contribution in [3.63, 3.8) is 0 Å². The SMILES string of the molecule is CC1COC(C)(Cn2cncn2)O1. The molecule has 1 saturated heterocycles. The normalized spacial score (nSPS) is 33.8. The molecule has 0 amide bonds. The molecule has 1 fully saturated rings. The van der Waals surface area contributed by atoms with Crippen LogP contribution in [0, 0.1) is 0 Å². The number of rotatable bonds is 2. The van der Waals surface area contributed by atoms with Crippen molar-refractivity contribution in [3.05, 3.63) is 12.7 Å². The lowest BCUT2D eigenvalue weighted by atomic mass is 10.3. The van der Waals surface area contributed by atoms with Crippen LogP contribution in [0.25, 0.3) is 0 Å². The fourth-order valence-electron chi connectivity index (χ4n) is 1.48. The molecular weight excluding hydrogens is 170 g/mol. The average Bonchev–Trinajstić information content (AvgIpc) is 2.62. The van der Waals surface area contributed by atoms with E-state index in [4.69, 9.17) is 9.47 Å². The number of aromatic nitrogens is 3. The zero-order valence-corrected chi connectivity index (χ0v) is 7.80. The van der Waals surface area contributed by atoms with Crippen LogP contribution in [0.15, 0.2) is 12.7 Å². The highest BCUT2D eigenvalue weighted by Gasteiger charge is 2.35. The van der Waals surface area contributed by atoms with Gasteiger partial charge in [0.15, 0.2) is 5.79 Å². The molecule has 0 N–H and O–H groups in total. The third kappa shape index (κ3) is 1.87. The Morgan fingerprint density at radius 2 is 2.54 bits per heavy atom. The predicted molar refractivity (Wildman–Crippen MR) is 44.9 cm³/mol. The molecule has 1 aromatic heterocycles. The van der Waals surface area contributed by atoms with Gasteiger partial charge in [-0.25, -0.2) is 9.67 Å². The van der Waals surface area contributed by atoms with E-state index in [1.54, 1.807) is 11.0 Å². The van der Waals surface area contributed by atoms with Crippen molar-refractivity contribution in [2.75, 3.05) is 6.61 Å². The van der Waals surface area contributed by atoms with E-state index in [-0.39, 0.29) is 6.10 Å². The number of hydrogen-bond donors (Lipinski definition) is 0. The Balaban J connectivity index is 2.01. The maximum Gasteiger partial charge on any atom is 0.185 e. The van der Waals surface area contributed by atoms with Gasteiger partial charge in [-0.05, 0) is 13.8 Å². The Bertz CT molecular complexity index is 275. The number of nitrogens with zero attached hydrogens (tertiary/aromatic N) is 3.